The van der Waals surface area contributed by atoms with Gasteiger partial charge in [-0.15, -0.1) is 22.0 Å². The summed E-state index contributed by atoms with van der Waals surface area (Å²) in [7, 11) is 0. The predicted molar refractivity (Wildman–Crippen MR) is 95.9 cm³/mol. The van der Waals surface area contributed by atoms with E-state index in [-0.39, 0.29) is 0 Å². The number of nitrogens with zero attached hydrogens (tertiary/aromatic N) is 2. The van der Waals surface area contributed by atoms with E-state index < -0.39 is 0 Å². The lowest BCUT2D eigenvalue weighted by Crippen LogP contribution is -1.89. The molecule has 0 saturated carbocycles. The molecule has 23 heavy (non-hydrogen) atoms. The Balaban J connectivity index is 1.65. The molecule has 0 aliphatic carbocycles. The Morgan fingerprint density at radius 3 is 2.52 bits per heavy atom. The molecule has 0 N–H and O–H groups in total. The normalized spacial score (nSPS) is 12.3. The zero-order valence-electron chi connectivity index (χ0n) is 12.4. The molecule has 0 amide bonds. The summed E-state index contributed by atoms with van der Waals surface area (Å²) in [5.41, 5.74) is 1.97. The second kappa shape index (κ2) is 7.39. The fraction of sp³-hybridized carbons (Fsp3) is 0.176. The van der Waals surface area contributed by atoms with Crippen molar-refractivity contribution in [3.8, 4) is 11.5 Å². The molecule has 3 rings (SSSR count). The first kappa shape index (κ1) is 16.4. The van der Waals surface area contributed by atoms with Crippen LogP contribution in [0, 0.1) is 0 Å². The Morgan fingerprint density at radius 2 is 1.78 bits per heavy atom. The van der Waals surface area contributed by atoms with Gasteiger partial charge in [0.25, 0.3) is 0 Å². The number of aromatic nitrogens is 2. The molecular formula is C17H14Cl2N2OS. The number of hydrogen-bond donors (Lipinski definition) is 0. The van der Waals surface area contributed by atoms with Crippen LogP contribution in [0.25, 0.3) is 11.5 Å². The lowest BCUT2D eigenvalue weighted by Gasteiger charge is -2.10. The minimum atomic E-state index is 0.308. The van der Waals surface area contributed by atoms with E-state index in [1.165, 1.54) is 5.56 Å². The van der Waals surface area contributed by atoms with Crippen LogP contribution in [0.1, 0.15) is 23.6 Å². The van der Waals surface area contributed by atoms with E-state index in [0.717, 1.165) is 10.6 Å². The van der Waals surface area contributed by atoms with E-state index in [9.17, 15) is 0 Å². The van der Waals surface area contributed by atoms with Gasteiger partial charge in [0.15, 0.2) is 0 Å². The van der Waals surface area contributed by atoms with Crippen LogP contribution in [0.15, 0.2) is 52.9 Å². The van der Waals surface area contributed by atoms with E-state index >= 15 is 0 Å². The maximum atomic E-state index is 6.14. The number of rotatable bonds is 5. The van der Waals surface area contributed by atoms with Crippen LogP contribution in [-0.4, -0.2) is 10.2 Å². The minimum Gasteiger partial charge on any atom is -0.420 e. The first-order chi connectivity index (χ1) is 11.1. The van der Waals surface area contributed by atoms with Crippen molar-refractivity contribution in [1.29, 1.82) is 0 Å². The van der Waals surface area contributed by atoms with Crippen molar-refractivity contribution in [2.45, 2.75) is 17.9 Å². The zero-order valence-corrected chi connectivity index (χ0v) is 14.7. The van der Waals surface area contributed by atoms with Crippen LogP contribution >= 0.6 is 35.0 Å². The summed E-state index contributed by atoms with van der Waals surface area (Å²) in [6.07, 6.45) is 0. The molecule has 3 nitrogen and oxygen atoms in total. The van der Waals surface area contributed by atoms with Crippen molar-refractivity contribution >= 4 is 35.0 Å². The van der Waals surface area contributed by atoms with Crippen molar-refractivity contribution in [1.82, 2.24) is 10.2 Å². The van der Waals surface area contributed by atoms with Gasteiger partial charge in [-0.1, -0.05) is 47.5 Å². The Bertz CT molecular complexity index is 789. The Labute approximate surface area is 149 Å². The van der Waals surface area contributed by atoms with Gasteiger partial charge in [-0.05, 0) is 36.8 Å². The van der Waals surface area contributed by atoms with Gasteiger partial charge in [0.1, 0.15) is 0 Å². The largest absolute Gasteiger partial charge is 0.420 e. The molecule has 0 radical (unpaired) electrons. The number of thioether (sulfide) groups is 1. The summed E-state index contributed by atoms with van der Waals surface area (Å²) in [6.45, 7) is 2.14. The van der Waals surface area contributed by atoms with E-state index in [4.69, 9.17) is 27.6 Å². The summed E-state index contributed by atoms with van der Waals surface area (Å²) in [5.74, 6) is 1.68. The number of hydrogen-bond acceptors (Lipinski definition) is 4. The van der Waals surface area contributed by atoms with Gasteiger partial charge in [0.05, 0.1) is 16.3 Å². The SMILES string of the molecule is CC(SCc1nnc(-c2ccccc2Cl)o1)c1ccc(Cl)cc1. The maximum absolute atomic E-state index is 6.14. The first-order valence-electron chi connectivity index (χ1n) is 7.08. The van der Waals surface area contributed by atoms with Crippen LogP contribution in [0.5, 0.6) is 0 Å². The van der Waals surface area contributed by atoms with Crippen molar-refractivity contribution in [2.75, 3.05) is 0 Å². The van der Waals surface area contributed by atoms with Crippen LogP contribution in [0.2, 0.25) is 10.0 Å². The molecule has 3 aromatic rings. The third-order valence-corrected chi connectivity index (χ3v) is 5.13. The Morgan fingerprint density at radius 1 is 1.04 bits per heavy atom. The number of benzene rings is 2. The molecular weight excluding hydrogens is 351 g/mol. The van der Waals surface area contributed by atoms with Gasteiger partial charge in [-0.25, -0.2) is 0 Å². The van der Waals surface area contributed by atoms with E-state index in [1.54, 1.807) is 17.8 Å². The lowest BCUT2D eigenvalue weighted by molar-refractivity contribution is 0.528. The van der Waals surface area contributed by atoms with E-state index in [2.05, 4.69) is 17.1 Å². The second-order valence-corrected chi connectivity index (χ2v) is 7.16. The van der Waals surface area contributed by atoms with E-state index in [1.807, 2.05) is 42.5 Å². The monoisotopic (exact) mass is 364 g/mol. The fourth-order valence-electron chi connectivity index (χ4n) is 2.08. The molecule has 6 heteroatoms. The summed E-state index contributed by atoms with van der Waals surface area (Å²) in [6, 6.07) is 15.3. The van der Waals surface area contributed by atoms with Crippen molar-refractivity contribution in [3.05, 3.63) is 70.0 Å². The quantitative estimate of drug-likeness (QED) is 0.553. The second-order valence-electron chi connectivity index (χ2n) is 4.99. The average Bonchev–Trinajstić information content (AvgIpc) is 3.02. The van der Waals surface area contributed by atoms with Gasteiger partial charge in [0, 0.05) is 10.3 Å². The van der Waals surface area contributed by atoms with Crippen LogP contribution in [-0.2, 0) is 5.75 Å². The molecule has 0 saturated heterocycles. The molecule has 0 aliphatic heterocycles. The third kappa shape index (κ3) is 4.08. The Hall–Kier alpha value is -1.49. The summed E-state index contributed by atoms with van der Waals surface area (Å²) >= 11 is 13.8. The topological polar surface area (TPSA) is 38.9 Å². The van der Waals surface area contributed by atoms with Gasteiger partial charge in [0.2, 0.25) is 11.8 Å². The standard InChI is InChI=1S/C17H14Cl2N2OS/c1-11(12-6-8-13(18)9-7-12)23-10-16-20-21-17(22-16)14-4-2-3-5-15(14)19/h2-9,11H,10H2,1H3. The Kier molecular flexibility index (Phi) is 5.26. The van der Waals surface area contributed by atoms with Gasteiger partial charge < -0.3 is 4.42 Å². The molecule has 1 heterocycles. The molecule has 118 valence electrons. The van der Waals surface area contributed by atoms with Crippen LogP contribution < -0.4 is 0 Å². The first-order valence-corrected chi connectivity index (χ1v) is 8.88. The van der Waals surface area contributed by atoms with Crippen LogP contribution in [0.3, 0.4) is 0 Å². The average molecular weight is 365 g/mol. The van der Waals surface area contributed by atoms with Gasteiger partial charge in [-0.2, -0.15) is 0 Å². The van der Waals surface area contributed by atoms with Crippen molar-refractivity contribution in [2.24, 2.45) is 0 Å². The zero-order chi connectivity index (χ0) is 16.2. The molecule has 0 spiro atoms. The highest BCUT2D eigenvalue weighted by molar-refractivity contribution is 7.98. The smallest absolute Gasteiger partial charge is 0.249 e. The molecule has 1 unspecified atom stereocenters. The van der Waals surface area contributed by atoms with Crippen molar-refractivity contribution < 1.29 is 4.42 Å². The molecule has 0 bridgehead atoms. The molecule has 1 atom stereocenters. The highest BCUT2D eigenvalue weighted by atomic mass is 35.5. The minimum absolute atomic E-state index is 0.308. The summed E-state index contributed by atoms with van der Waals surface area (Å²) in [4.78, 5) is 0. The highest BCUT2D eigenvalue weighted by Gasteiger charge is 2.13. The van der Waals surface area contributed by atoms with Gasteiger partial charge in [-0.3, -0.25) is 0 Å². The summed E-state index contributed by atoms with van der Waals surface area (Å²) < 4.78 is 5.71. The van der Waals surface area contributed by atoms with Crippen molar-refractivity contribution in [3.63, 3.8) is 0 Å². The predicted octanol–water partition coefficient (Wildman–Crippen LogP) is 6.04. The summed E-state index contributed by atoms with van der Waals surface area (Å²) in [5, 5.41) is 9.83. The van der Waals surface area contributed by atoms with Gasteiger partial charge >= 0.3 is 0 Å². The molecule has 0 fully saturated rings. The molecule has 2 aromatic carbocycles. The third-order valence-electron chi connectivity index (χ3n) is 3.37. The molecule has 0 aliphatic rings. The lowest BCUT2D eigenvalue weighted by atomic mass is 10.2. The number of halogens is 2. The fourth-order valence-corrected chi connectivity index (χ4v) is 3.28. The maximum Gasteiger partial charge on any atom is 0.249 e. The van der Waals surface area contributed by atoms with Crippen LogP contribution in [0.4, 0.5) is 0 Å². The highest BCUT2D eigenvalue weighted by Crippen LogP contribution is 2.32. The van der Waals surface area contributed by atoms with E-state index in [0.29, 0.717) is 27.8 Å². The molecule has 1 aromatic heterocycles.